The van der Waals surface area contributed by atoms with E-state index in [0.29, 0.717) is 12.1 Å². The van der Waals surface area contributed by atoms with Crippen molar-refractivity contribution in [1.29, 1.82) is 0 Å². The number of hydrogen-bond donors (Lipinski definition) is 1. The average molecular weight is 373 g/mol. The van der Waals surface area contributed by atoms with E-state index in [1.807, 2.05) is 13.1 Å². The number of aromatic nitrogens is 2. The zero-order valence-corrected chi connectivity index (χ0v) is 15.6. The van der Waals surface area contributed by atoms with Crippen LogP contribution in [0.5, 0.6) is 0 Å². The maximum Gasteiger partial charge on any atom is 0.227 e. The van der Waals surface area contributed by atoms with Gasteiger partial charge in [0.25, 0.3) is 0 Å². The second-order valence-corrected chi connectivity index (χ2v) is 7.69. The molecule has 1 N–H and O–H groups in total. The first-order valence-electron chi connectivity index (χ1n) is 9.50. The van der Waals surface area contributed by atoms with Gasteiger partial charge in [-0.05, 0) is 37.9 Å². The highest BCUT2D eigenvalue weighted by molar-refractivity contribution is 5.42. The Kier molecular flexibility index (Phi) is 4.95. The molecule has 1 aromatic heterocycles. The van der Waals surface area contributed by atoms with Crippen molar-refractivity contribution < 1.29 is 8.78 Å². The second-order valence-electron chi connectivity index (χ2n) is 7.69. The SMILES string of the molecule is CNc1ccnc(N2CC[C@]3(CCCN(Cc4cccc(F)c4F)C3)C2)n1. The van der Waals surface area contributed by atoms with Gasteiger partial charge in [0.15, 0.2) is 11.6 Å². The van der Waals surface area contributed by atoms with E-state index in [9.17, 15) is 8.78 Å². The molecule has 0 saturated carbocycles. The van der Waals surface area contributed by atoms with E-state index in [1.54, 1.807) is 18.3 Å². The molecule has 0 amide bonds. The van der Waals surface area contributed by atoms with Crippen molar-refractivity contribution in [2.24, 2.45) is 5.41 Å². The van der Waals surface area contributed by atoms with Crippen LogP contribution in [0.3, 0.4) is 0 Å². The number of hydrogen-bond acceptors (Lipinski definition) is 5. The second kappa shape index (κ2) is 7.38. The highest BCUT2D eigenvalue weighted by Gasteiger charge is 2.42. The number of rotatable bonds is 4. The van der Waals surface area contributed by atoms with Crippen molar-refractivity contribution in [3.05, 3.63) is 47.7 Å². The van der Waals surface area contributed by atoms with E-state index in [1.165, 1.54) is 6.07 Å². The number of anilines is 2. The molecule has 3 heterocycles. The molecule has 4 rings (SSSR count). The molecule has 2 fully saturated rings. The quantitative estimate of drug-likeness (QED) is 0.891. The van der Waals surface area contributed by atoms with Crippen molar-refractivity contribution in [3.8, 4) is 0 Å². The van der Waals surface area contributed by atoms with Crippen LogP contribution >= 0.6 is 0 Å². The van der Waals surface area contributed by atoms with Gasteiger partial charge in [0.05, 0.1) is 0 Å². The molecular weight excluding hydrogens is 348 g/mol. The van der Waals surface area contributed by atoms with Crippen LogP contribution in [0.2, 0.25) is 0 Å². The van der Waals surface area contributed by atoms with Crippen LogP contribution in [-0.4, -0.2) is 48.1 Å². The van der Waals surface area contributed by atoms with Gasteiger partial charge >= 0.3 is 0 Å². The molecule has 0 aliphatic carbocycles. The topological polar surface area (TPSA) is 44.3 Å². The first-order chi connectivity index (χ1) is 13.1. The van der Waals surface area contributed by atoms with Gasteiger partial charge in [-0.1, -0.05) is 12.1 Å². The summed E-state index contributed by atoms with van der Waals surface area (Å²) in [5, 5.41) is 3.05. The average Bonchev–Trinajstić information content (AvgIpc) is 3.09. The molecule has 5 nitrogen and oxygen atoms in total. The van der Waals surface area contributed by atoms with E-state index < -0.39 is 11.6 Å². The summed E-state index contributed by atoms with van der Waals surface area (Å²) in [5.41, 5.74) is 0.605. The van der Waals surface area contributed by atoms with Gasteiger partial charge in [-0.15, -0.1) is 0 Å². The summed E-state index contributed by atoms with van der Waals surface area (Å²) in [4.78, 5) is 13.5. The maximum absolute atomic E-state index is 14.0. The summed E-state index contributed by atoms with van der Waals surface area (Å²) in [5.74, 6) is 0.0788. The number of likely N-dealkylation sites (tertiary alicyclic amines) is 1. The Morgan fingerprint density at radius 1 is 1.15 bits per heavy atom. The van der Waals surface area contributed by atoms with Crippen molar-refractivity contribution in [1.82, 2.24) is 14.9 Å². The molecule has 144 valence electrons. The van der Waals surface area contributed by atoms with Crippen molar-refractivity contribution in [3.63, 3.8) is 0 Å². The Bertz CT molecular complexity index is 815. The van der Waals surface area contributed by atoms with E-state index in [0.717, 1.165) is 57.2 Å². The summed E-state index contributed by atoms with van der Waals surface area (Å²) in [6, 6.07) is 6.28. The van der Waals surface area contributed by atoms with Crippen LogP contribution < -0.4 is 10.2 Å². The molecule has 2 aliphatic heterocycles. The lowest BCUT2D eigenvalue weighted by Gasteiger charge is -2.40. The minimum atomic E-state index is -0.771. The van der Waals surface area contributed by atoms with Crippen LogP contribution in [0, 0.1) is 17.0 Å². The molecular formula is C20H25F2N5. The molecule has 2 aliphatic rings. The normalized spacial score (nSPS) is 23.1. The Labute approximate surface area is 158 Å². The number of nitrogens with one attached hydrogen (secondary N) is 1. The van der Waals surface area contributed by atoms with E-state index in [-0.39, 0.29) is 5.41 Å². The predicted octanol–water partition coefficient (Wildman–Crippen LogP) is 3.29. The number of benzene rings is 1. The highest BCUT2D eigenvalue weighted by Crippen LogP contribution is 2.40. The fourth-order valence-corrected chi connectivity index (χ4v) is 4.44. The third-order valence-corrected chi connectivity index (χ3v) is 5.79. The molecule has 7 heteroatoms. The molecule has 2 saturated heterocycles. The molecule has 1 atom stereocenters. The van der Waals surface area contributed by atoms with Gasteiger partial charge in [-0.25, -0.2) is 13.8 Å². The van der Waals surface area contributed by atoms with E-state index in [2.05, 4.69) is 25.1 Å². The van der Waals surface area contributed by atoms with Gasteiger partial charge in [0.2, 0.25) is 5.95 Å². The van der Waals surface area contributed by atoms with Crippen LogP contribution in [0.25, 0.3) is 0 Å². The van der Waals surface area contributed by atoms with Gasteiger partial charge in [-0.2, -0.15) is 4.98 Å². The highest BCUT2D eigenvalue weighted by atomic mass is 19.2. The fraction of sp³-hybridized carbons (Fsp3) is 0.500. The van der Waals surface area contributed by atoms with Gasteiger partial charge in [-0.3, -0.25) is 4.90 Å². The number of piperidine rings is 1. The molecule has 27 heavy (non-hydrogen) atoms. The van der Waals surface area contributed by atoms with Gasteiger partial charge in [0.1, 0.15) is 5.82 Å². The van der Waals surface area contributed by atoms with Gasteiger partial charge < -0.3 is 10.2 Å². The fourth-order valence-electron chi connectivity index (χ4n) is 4.44. The molecule has 2 aromatic rings. The van der Waals surface area contributed by atoms with Crippen LogP contribution in [-0.2, 0) is 6.54 Å². The smallest absolute Gasteiger partial charge is 0.227 e. The standard InChI is InChI=1S/C20H25F2N5/c1-23-17-6-9-24-19(25-17)27-11-8-20(14-27)7-3-10-26(13-20)12-15-4-2-5-16(21)18(15)22/h2,4-6,9H,3,7-8,10-14H2,1H3,(H,23,24,25)/t20-/m0/s1. The molecule has 1 spiro atoms. The molecule has 0 unspecified atom stereocenters. The lowest BCUT2D eigenvalue weighted by molar-refractivity contribution is 0.0979. The zero-order chi connectivity index (χ0) is 18.9. The molecule has 1 aromatic carbocycles. The Morgan fingerprint density at radius 3 is 2.89 bits per heavy atom. The lowest BCUT2D eigenvalue weighted by atomic mass is 9.79. The summed E-state index contributed by atoms with van der Waals surface area (Å²) < 4.78 is 27.6. The maximum atomic E-state index is 14.0. The summed E-state index contributed by atoms with van der Waals surface area (Å²) >= 11 is 0. The first-order valence-corrected chi connectivity index (χ1v) is 9.50. The third-order valence-electron chi connectivity index (χ3n) is 5.79. The minimum Gasteiger partial charge on any atom is -0.373 e. The third kappa shape index (κ3) is 3.74. The zero-order valence-electron chi connectivity index (χ0n) is 15.6. The van der Waals surface area contributed by atoms with Crippen LogP contribution in [0.4, 0.5) is 20.5 Å². The Balaban J connectivity index is 1.45. The first kappa shape index (κ1) is 18.1. The lowest BCUT2D eigenvalue weighted by Crippen LogP contribution is -2.44. The minimum absolute atomic E-state index is 0.168. The molecule has 0 bridgehead atoms. The van der Waals surface area contributed by atoms with Crippen molar-refractivity contribution in [2.75, 3.05) is 43.4 Å². The summed E-state index contributed by atoms with van der Waals surface area (Å²) in [7, 11) is 1.85. The van der Waals surface area contributed by atoms with Crippen molar-refractivity contribution >= 4 is 11.8 Å². The van der Waals surface area contributed by atoms with Gasteiger partial charge in [0, 0.05) is 50.4 Å². The molecule has 0 radical (unpaired) electrons. The monoisotopic (exact) mass is 373 g/mol. The van der Waals surface area contributed by atoms with E-state index >= 15 is 0 Å². The van der Waals surface area contributed by atoms with E-state index in [4.69, 9.17) is 0 Å². The largest absolute Gasteiger partial charge is 0.373 e. The Hall–Kier alpha value is -2.28. The number of halogens is 2. The Morgan fingerprint density at radius 2 is 2.04 bits per heavy atom. The summed E-state index contributed by atoms with van der Waals surface area (Å²) in [6.45, 7) is 4.10. The number of nitrogens with zero attached hydrogens (tertiary/aromatic N) is 4. The summed E-state index contributed by atoms with van der Waals surface area (Å²) in [6.07, 6.45) is 5.07. The van der Waals surface area contributed by atoms with Crippen molar-refractivity contribution in [2.45, 2.75) is 25.8 Å². The van der Waals surface area contributed by atoms with Crippen LogP contribution in [0.15, 0.2) is 30.5 Å². The van der Waals surface area contributed by atoms with Crippen LogP contribution in [0.1, 0.15) is 24.8 Å². The predicted molar refractivity (Wildman–Crippen MR) is 102 cm³/mol.